The molecule has 17 heavy (non-hydrogen) atoms. The Bertz CT molecular complexity index is 222. The van der Waals surface area contributed by atoms with Gasteiger partial charge in [-0.05, 0) is 33.6 Å². The van der Waals surface area contributed by atoms with Crippen molar-refractivity contribution in [1.82, 2.24) is 10.2 Å². The van der Waals surface area contributed by atoms with Gasteiger partial charge in [0.05, 0.1) is 13.2 Å². The summed E-state index contributed by atoms with van der Waals surface area (Å²) < 4.78 is 5.40. The summed E-state index contributed by atoms with van der Waals surface area (Å²) in [5.74, 6) is 0. The van der Waals surface area contributed by atoms with E-state index >= 15 is 0 Å². The van der Waals surface area contributed by atoms with Crippen molar-refractivity contribution in [2.75, 3.05) is 32.8 Å². The molecule has 0 radical (unpaired) electrons. The summed E-state index contributed by atoms with van der Waals surface area (Å²) in [4.78, 5) is 2.52. The van der Waals surface area contributed by atoms with Gasteiger partial charge in [-0.25, -0.2) is 0 Å². The standard InChI is InChI=1S/C14H28N2O/c1-5-6-7-13(2)15-12-14(3,4)16-8-10-17-11-9-16/h5,13,15H,1,6-12H2,2-4H3. The van der Waals surface area contributed by atoms with Gasteiger partial charge in [0.1, 0.15) is 0 Å². The highest BCUT2D eigenvalue weighted by molar-refractivity contribution is 4.86. The molecule has 0 aliphatic carbocycles. The van der Waals surface area contributed by atoms with E-state index < -0.39 is 0 Å². The molecular formula is C14H28N2O. The van der Waals surface area contributed by atoms with Crippen LogP contribution in [0.25, 0.3) is 0 Å². The maximum atomic E-state index is 5.40. The van der Waals surface area contributed by atoms with E-state index in [1.54, 1.807) is 0 Å². The Morgan fingerprint density at radius 2 is 2.06 bits per heavy atom. The van der Waals surface area contributed by atoms with Crippen molar-refractivity contribution in [3.8, 4) is 0 Å². The lowest BCUT2D eigenvalue weighted by atomic mass is 10.0. The van der Waals surface area contributed by atoms with Crippen LogP contribution in [0.2, 0.25) is 0 Å². The van der Waals surface area contributed by atoms with Gasteiger partial charge in [0.15, 0.2) is 0 Å². The van der Waals surface area contributed by atoms with Crippen LogP contribution in [0.5, 0.6) is 0 Å². The van der Waals surface area contributed by atoms with Crippen molar-refractivity contribution in [3.63, 3.8) is 0 Å². The minimum absolute atomic E-state index is 0.215. The Kier molecular flexibility index (Phi) is 6.17. The highest BCUT2D eigenvalue weighted by Gasteiger charge is 2.28. The van der Waals surface area contributed by atoms with Gasteiger partial charge in [-0.15, -0.1) is 6.58 Å². The molecule has 1 aliphatic rings. The molecule has 1 fully saturated rings. The predicted molar refractivity (Wildman–Crippen MR) is 73.4 cm³/mol. The van der Waals surface area contributed by atoms with Crippen molar-refractivity contribution in [2.24, 2.45) is 0 Å². The number of hydrogen-bond acceptors (Lipinski definition) is 3. The van der Waals surface area contributed by atoms with Gasteiger partial charge in [0.25, 0.3) is 0 Å². The Balaban J connectivity index is 2.29. The van der Waals surface area contributed by atoms with E-state index in [2.05, 4.69) is 37.6 Å². The average molecular weight is 240 g/mol. The van der Waals surface area contributed by atoms with E-state index in [-0.39, 0.29) is 5.54 Å². The molecule has 1 aliphatic heterocycles. The molecule has 3 heteroatoms. The SMILES string of the molecule is C=CCCC(C)NCC(C)(C)N1CCOCC1. The van der Waals surface area contributed by atoms with Gasteiger partial charge in [-0.3, -0.25) is 4.90 Å². The third-order valence-electron chi connectivity index (χ3n) is 3.55. The molecule has 0 amide bonds. The van der Waals surface area contributed by atoms with Crippen molar-refractivity contribution < 1.29 is 4.74 Å². The van der Waals surface area contributed by atoms with Crippen LogP contribution in [0, 0.1) is 0 Å². The summed E-state index contributed by atoms with van der Waals surface area (Å²) >= 11 is 0. The molecule has 1 saturated heterocycles. The molecule has 0 aromatic heterocycles. The molecule has 0 spiro atoms. The zero-order valence-corrected chi connectivity index (χ0v) is 11.7. The van der Waals surface area contributed by atoms with Gasteiger partial charge >= 0.3 is 0 Å². The third-order valence-corrected chi connectivity index (χ3v) is 3.55. The molecule has 0 aromatic carbocycles. The van der Waals surface area contributed by atoms with Crippen molar-refractivity contribution in [2.45, 2.75) is 45.2 Å². The van der Waals surface area contributed by atoms with E-state index in [0.29, 0.717) is 6.04 Å². The molecule has 1 N–H and O–H groups in total. The largest absolute Gasteiger partial charge is 0.379 e. The Morgan fingerprint density at radius 1 is 1.41 bits per heavy atom. The van der Waals surface area contributed by atoms with Crippen LogP contribution in [-0.2, 0) is 4.74 Å². The van der Waals surface area contributed by atoms with Crippen molar-refractivity contribution in [1.29, 1.82) is 0 Å². The second-order valence-electron chi connectivity index (χ2n) is 5.56. The molecular weight excluding hydrogens is 212 g/mol. The lowest BCUT2D eigenvalue weighted by Gasteiger charge is -2.41. The van der Waals surface area contributed by atoms with E-state index in [1.807, 2.05) is 6.08 Å². The Labute approximate surface area is 106 Å². The average Bonchev–Trinajstić information content (AvgIpc) is 2.35. The lowest BCUT2D eigenvalue weighted by molar-refractivity contribution is -0.0102. The van der Waals surface area contributed by atoms with Crippen molar-refractivity contribution in [3.05, 3.63) is 12.7 Å². The number of rotatable bonds is 7. The monoisotopic (exact) mass is 240 g/mol. The quantitative estimate of drug-likeness (QED) is 0.689. The highest BCUT2D eigenvalue weighted by atomic mass is 16.5. The molecule has 100 valence electrons. The fourth-order valence-corrected chi connectivity index (χ4v) is 2.17. The van der Waals surface area contributed by atoms with Crippen molar-refractivity contribution >= 4 is 0 Å². The summed E-state index contributed by atoms with van der Waals surface area (Å²) in [7, 11) is 0. The maximum Gasteiger partial charge on any atom is 0.0594 e. The molecule has 0 bridgehead atoms. The van der Waals surface area contributed by atoms with E-state index in [1.165, 1.54) is 6.42 Å². The number of nitrogens with zero attached hydrogens (tertiary/aromatic N) is 1. The van der Waals surface area contributed by atoms with Gasteiger partial charge in [-0.2, -0.15) is 0 Å². The zero-order chi connectivity index (χ0) is 12.7. The number of hydrogen-bond donors (Lipinski definition) is 1. The van der Waals surface area contributed by atoms with Gasteiger partial charge in [0.2, 0.25) is 0 Å². The molecule has 3 nitrogen and oxygen atoms in total. The van der Waals surface area contributed by atoms with Crippen LogP contribution in [0.4, 0.5) is 0 Å². The van der Waals surface area contributed by atoms with Gasteiger partial charge < -0.3 is 10.1 Å². The molecule has 1 atom stereocenters. The molecule has 1 rings (SSSR count). The zero-order valence-electron chi connectivity index (χ0n) is 11.7. The van der Waals surface area contributed by atoms with Gasteiger partial charge in [-0.1, -0.05) is 6.08 Å². The summed E-state index contributed by atoms with van der Waals surface area (Å²) in [5.41, 5.74) is 0.215. The van der Waals surface area contributed by atoms with Gasteiger partial charge in [0, 0.05) is 31.2 Å². The fraction of sp³-hybridized carbons (Fsp3) is 0.857. The predicted octanol–water partition coefficient (Wildman–Crippen LogP) is 2.04. The van der Waals surface area contributed by atoms with Crippen LogP contribution in [0.15, 0.2) is 12.7 Å². The molecule has 1 heterocycles. The molecule has 0 aromatic rings. The number of nitrogens with one attached hydrogen (secondary N) is 1. The second-order valence-corrected chi connectivity index (χ2v) is 5.56. The smallest absolute Gasteiger partial charge is 0.0594 e. The fourth-order valence-electron chi connectivity index (χ4n) is 2.17. The highest BCUT2D eigenvalue weighted by Crippen LogP contribution is 2.15. The first-order valence-electron chi connectivity index (χ1n) is 6.73. The summed E-state index contributed by atoms with van der Waals surface area (Å²) in [6, 6.07) is 0.563. The third kappa shape index (κ3) is 5.19. The minimum atomic E-state index is 0.215. The second kappa shape index (κ2) is 7.14. The molecule has 0 saturated carbocycles. The first-order valence-corrected chi connectivity index (χ1v) is 6.73. The lowest BCUT2D eigenvalue weighted by Crippen LogP contribution is -2.55. The number of morpholine rings is 1. The Hall–Kier alpha value is -0.380. The van der Waals surface area contributed by atoms with Crippen LogP contribution >= 0.6 is 0 Å². The summed E-state index contributed by atoms with van der Waals surface area (Å²) in [6.07, 6.45) is 4.25. The summed E-state index contributed by atoms with van der Waals surface area (Å²) in [6.45, 7) is 15.5. The first-order chi connectivity index (χ1) is 8.06. The molecule has 1 unspecified atom stereocenters. The van der Waals surface area contributed by atoms with E-state index in [4.69, 9.17) is 4.74 Å². The summed E-state index contributed by atoms with van der Waals surface area (Å²) in [5, 5.41) is 3.62. The topological polar surface area (TPSA) is 24.5 Å². The van der Waals surface area contributed by atoms with Crippen LogP contribution in [-0.4, -0.2) is 49.3 Å². The van der Waals surface area contributed by atoms with Crippen LogP contribution in [0.3, 0.4) is 0 Å². The normalized spacial score (nSPS) is 20.2. The minimum Gasteiger partial charge on any atom is -0.379 e. The van der Waals surface area contributed by atoms with Crippen LogP contribution in [0.1, 0.15) is 33.6 Å². The van der Waals surface area contributed by atoms with Crippen LogP contribution < -0.4 is 5.32 Å². The van der Waals surface area contributed by atoms with E-state index in [0.717, 1.165) is 39.3 Å². The first kappa shape index (κ1) is 14.7. The Morgan fingerprint density at radius 3 is 2.65 bits per heavy atom. The number of allylic oxidation sites excluding steroid dienone is 1. The maximum absolute atomic E-state index is 5.40. The number of ether oxygens (including phenoxy) is 1. The van der Waals surface area contributed by atoms with E-state index in [9.17, 15) is 0 Å².